The van der Waals surface area contributed by atoms with Crippen molar-refractivity contribution < 1.29 is 14.0 Å². The van der Waals surface area contributed by atoms with Crippen LogP contribution in [-0.2, 0) is 11.3 Å². The summed E-state index contributed by atoms with van der Waals surface area (Å²) in [7, 11) is 0. The first kappa shape index (κ1) is 23.4. The molecule has 35 heavy (non-hydrogen) atoms. The van der Waals surface area contributed by atoms with Crippen LogP contribution < -0.4 is 5.32 Å². The Labute approximate surface area is 208 Å². The van der Waals surface area contributed by atoms with Crippen molar-refractivity contribution in [2.45, 2.75) is 64.6 Å². The van der Waals surface area contributed by atoms with Crippen molar-refractivity contribution in [1.29, 1.82) is 0 Å². The summed E-state index contributed by atoms with van der Waals surface area (Å²) in [6, 6.07) is 15.0. The highest BCUT2D eigenvalue weighted by molar-refractivity contribution is 7.20. The molecule has 3 aromatic heterocycles. The fourth-order valence-electron chi connectivity index (χ4n) is 4.70. The lowest BCUT2D eigenvalue weighted by Gasteiger charge is -2.30. The van der Waals surface area contributed by atoms with Crippen LogP contribution in [0.1, 0.15) is 60.2 Å². The third kappa shape index (κ3) is 4.89. The van der Waals surface area contributed by atoms with Crippen LogP contribution in [0.4, 0.5) is 0 Å². The monoisotopic (exact) mass is 490 g/mol. The molecule has 2 amide bonds. The van der Waals surface area contributed by atoms with Gasteiger partial charge in [-0.15, -0.1) is 11.3 Å². The number of amides is 2. The molecule has 7 nitrogen and oxygen atoms in total. The summed E-state index contributed by atoms with van der Waals surface area (Å²) in [6.07, 6.45) is 7.06. The molecule has 0 spiro atoms. The molecule has 0 aliphatic heterocycles. The topological polar surface area (TPSA) is 80.4 Å². The molecule has 1 aliphatic carbocycles. The minimum absolute atomic E-state index is 0.121. The smallest absolute Gasteiger partial charge is 0.265 e. The van der Waals surface area contributed by atoms with Crippen LogP contribution in [0.5, 0.6) is 0 Å². The van der Waals surface area contributed by atoms with Gasteiger partial charge in [-0.05, 0) is 57.0 Å². The Morgan fingerprint density at radius 3 is 2.66 bits per heavy atom. The Balaban J connectivity index is 1.44. The first-order valence-corrected chi connectivity index (χ1v) is 13.0. The fourth-order valence-corrected chi connectivity index (χ4v) is 5.84. The Kier molecular flexibility index (Phi) is 6.72. The highest BCUT2D eigenvalue weighted by atomic mass is 32.1. The zero-order valence-electron chi connectivity index (χ0n) is 20.1. The van der Waals surface area contributed by atoms with Gasteiger partial charge in [0.15, 0.2) is 0 Å². The van der Waals surface area contributed by atoms with Crippen LogP contribution in [0, 0.1) is 6.92 Å². The molecule has 1 saturated carbocycles. The molecule has 0 radical (unpaired) electrons. The number of carbonyl (C=O) groups is 2. The van der Waals surface area contributed by atoms with E-state index in [1.165, 1.54) is 17.8 Å². The van der Waals surface area contributed by atoms with E-state index in [0.29, 0.717) is 10.6 Å². The number of nitrogens with zero attached hydrogens (tertiary/aromatic N) is 3. The molecule has 1 atom stereocenters. The molecule has 1 aromatic carbocycles. The van der Waals surface area contributed by atoms with Crippen LogP contribution >= 0.6 is 11.3 Å². The number of carbonyl (C=O) groups excluding carboxylic acids is 2. The van der Waals surface area contributed by atoms with E-state index in [4.69, 9.17) is 4.42 Å². The normalized spacial score (nSPS) is 15.3. The number of nitrogens with one attached hydrogen (secondary N) is 1. The maximum absolute atomic E-state index is 13.8. The molecule has 3 heterocycles. The lowest BCUT2D eigenvalue weighted by atomic mass is 9.95. The molecule has 0 bridgehead atoms. The number of thiophene rings is 1. The van der Waals surface area contributed by atoms with Crippen molar-refractivity contribution in [3.8, 4) is 5.69 Å². The Morgan fingerprint density at radius 2 is 1.94 bits per heavy atom. The molecule has 1 fully saturated rings. The van der Waals surface area contributed by atoms with E-state index in [2.05, 4.69) is 10.4 Å². The lowest BCUT2D eigenvalue weighted by molar-refractivity contribution is -0.126. The fraction of sp³-hybridized carbons (Fsp3) is 0.370. The van der Waals surface area contributed by atoms with Crippen LogP contribution in [0.25, 0.3) is 15.9 Å². The molecular weight excluding hydrogens is 460 g/mol. The SMILES string of the molecule is Cc1nn(-c2ccccc2)c2sc(C(=O)N(Cc3ccco3)[C@@H](C)C(=O)NC3CCCCC3)cc12. The lowest BCUT2D eigenvalue weighted by Crippen LogP contribution is -2.50. The van der Waals surface area contributed by atoms with Gasteiger partial charge in [0.2, 0.25) is 5.91 Å². The first-order valence-electron chi connectivity index (χ1n) is 12.2. The van der Waals surface area contributed by atoms with Crippen molar-refractivity contribution in [2.75, 3.05) is 0 Å². The van der Waals surface area contributed by atoms with Crippen LogP contribution in [-0.4, -0.2) is 38.6 Å². The molecule has 4 aromatic rings. The zero-order chi connectivity index (χ0) is 24.4. The van der Waals surface area contributed by atoms with Gasteiger partial charge in [0.1, 0.15) is 16.6 Å². The van der Waals surface area contributed by atoms with E-state index < -0.39 is 6.04 Å². The first-order chi connectivity index (χ1) is 17.0. The Hall–Kier alpha value is -3.39. The van der Waals surface area contributed by atoms with E-state index in [-0.39, 0.29) is 24.4 Å². The number of fused-ring (bicyclic) bond motifs is 1. The highest BCUT2D eigenvalue weighted by Gasteiger charge is 2.31. The number of aromatic nitrogens is 2. The van der Waals surface area contributed by atoms with Crippen molar-refractivity contribution in [3.63, 3.8) is 0 Å². The number of hydrogen-bond donors (Lipinski definition) is 1. The zero-order valence-corrected chi connectivity index (χ0v) is 20.9. The molecule has 0 saturated heterocycles. The maximum atomic E-state index is 13.8. The van der Waals surface area contributed by atoms with Gasteiger partial charge in [0, 0.05) is 11.4 Å². The number of rotatable bonds is 7. The van der Waals surface area contributed by atoms with Gasteiger partial charge in [-0.2, -0.15) is 5.10 Å². The van der Waals surface area contributed by atoms with Crippen LogP contribution in [0.15, 0.2) is 59.2 Å². The standard InChI is InChI=1S/C27H30N4O3S/c1-18-23-16-24(35-27(23)31(29-18)21-12-7-4-8-13-21)26(33)30(17-22-14-9-15-34-22)19(2)25(32)28-20-10-5-3-6-11-20/h4,7-9,12-16,19-20H,3,5-6,10-11,17H2,1-2H3,(H,28,32)/t19-/m0/s1. The van der Waals surface area contributed by atoms with E-state index in [1.807, 2.05) is 54.1 Å². The summed E-state index contributed by atoms with van der Waals surface area (Å²) in [4.78, 5) is 30.1. The summed E-state index contributed by atoms with van der Waals surface area (Å²) in [5, 5.41) is 8.79. The molecule has 1 aliphatic rings. The van der Waals surface area contributed by atoms with Crippen molar-refractivity contribution >= 4 is 33.4 Å². The summed E-state index contributed by atoms with van der Waals surface area (Å²) < 4.78 is 7.41. The summed E-state index contributed by atoms with van der Waals surface area (Å²) in [5.41, 5.74) is 1.80. The third-order valence-electron chi connectivity index (χ3n) is 6.72. The molecule has 182 valence electrons. The number of hydrogen-bond acceptors (Lipinski definition) is 5. The van der Waals surface area contributed by atoms with Gasteiger partial charge in [-0.25, -0.2) is 4.68 Å². The van der Waals surface area contributed by atoms with Gasteiger partial charge in [0.05, 0.1) is 29.1 Å². The minimum Gasteiger partial charge on any atom is -0.467 e. The average molecular weight is 491 g/mol. The van der Waals surface area contributed by atoms with E-state index in [0.717, 1.165) is 47.3 Å². The number of aryl methyl sites for hydroxylation is 1. The maximum Gasteiger partial charge on any atom is 0.265 e. The number of benzene rings is 1. The number of para-hydroxylation sites is 1. The predicted molar refractivity (Wildman–Crippen MR) is 137 cm³/mol. The van der Waals surface area contributed by atoms with Crippen LogP contribution in [0.2, 0.25) is 0 Å². The predicted octanol–water partition coefficient (Wildman–Crippen LogP) is 5.47. The van der Waals surface area contributed by atoms with E-state index >= 15 is 0 Å². The van der Waals surface area contributed by atoms with Crippen molar-refractivity contribution in [2.24, 2.45) is 0 Å². The minimum atomic E-state index is -0.633. The summed E-state index contributed by atoms with van der Waals surface area (Å²) >= 11 is 1.40. The van der Waals surface area contributed by atoms with Gasteiger partial charge >= 0.3 is 0 Å². The largest absolute Gasteiger partial charge is 0.467 e. The van der Waals surface area contributed by atoms with Gasteiger partial charge in [-0.3, -0.25) is 9.59 Å². The Morgan fingerprint density at radius 1 is 1.17 bits per heavy atom. The van der Waals surface area contributed by atoms with Gasteiger partial charge < -0.3 is 14.6 Å². The summed E-state index contributed by atoms with van der Waals surface area (Å²) in [6.45, 7) is 3.97. The van der Waals surface area contributed by atoms with Gasteiger partial charge in [-0.1, -0.05) is 37.5 Å². The average Bonchev–Trinajstić information content (AvgIpc) is 3.62. The second-order valence-corrected chi connectivity index (χ2v) is 10.2. The summed E-state index contributed by atoms with van der Waals surface area (Å²) in [5.74, 6) is 0.334. The second kappa shape index (κ2) is 10.1. The number of furan rings is 1. The van der Waals surface area contributed by atoms with Gasteiger partial charge in [0.25, 0.3) is 5.91 Å². The quantitative estimate of drug-likeness (QED) is 0.373. The highest BCUT2D eigenvalue weighted by Crippen LogP contribution is 2.32. The third-order valence-corrected chi connectivity index (χ3v) is 7.82. The molecule has 1 N–H and O–H groups in total. The molecular formula is C27H30N4O3S. The van der Waals surface area contributed by atoms with E-state index in [9.17, 15) is 9.59 Å². The van der Waals surface area contributed by atoms with Crippen molar-refractivity contribution in [3.05, 3.63) is 71.1 Å². The molecule has 5 rings (SSSR count). The molecule has 0 unspecified atom stereocenters. The van der Waals surface area contributed by atoms with Crippen molar-refractivity contribution in [1.82, 2.24) is 20.0 Å². The van der Waals surface area contributed by atoms with Crippen LogP contribution in [0.3, 0.4) is 0 Å². The second-order valence-electron chi connectivity index (χ2n) is 9.19. The molecule has 8 heteroatoms. The van der Waals surface area contributed by atoms with E-state index in [1.54, 1.807) is 24.2 Å². The Bertz CT molecular complexity index is 1300.